The van der Waals surface area contributed by atoms with E-state index < -0.39 is 54.8 Å². The van der Waals surface area contributed by atoms with Crippen LogP contribution in [0.5, 0.6) is 0 Å². The summed E-state index contributed by atoms with van der Waals surface area (Å²) in [5, 5.41) is 11.6. The molecular weight excluding hydrogens is 568 g/mol. The Morgan fingerprint density at radius 1 is 1.00 bits per heavy atom. The Hall–Kier alpha value is -2.52. The van der Waals surface area contributed by atoms with Crippen LogP contribution in [-0.4, -0.2) is 63.9 Å². The van der Waals surface area contributed by atoms with Crippen molar-refractivity contribution in [2.45, 2.75) is 33.8 Å². The number of hydrogen-bond acceptors (Lipinski definition) is 7. The van der Waals surface area contributed by atoms with Crippen molar-refractivity contribution < 1.29 is 39.5 Å². The predicted molar refractivity (Wildman–Crippen MR) is 135 cm³/mol. The number of nitrogens with zero attached hydrogens (tertiary/aromatic N) is 2. The van der Waals surface area contributed by atoms with Crippen molar-refractivity contribution >= 4 is 36.9 Å². The van der Waals surface area contributed by atoms with Gasteiger partial charge in [0.05, 0.1) is 16.7 Å². The summed E-state index contributed by atoms with van der Waals surface area (Å²) in [6, 6.07) is 11.4. The number of aliphatic hydroxyl groups is 1. The number of thiophene rings is 1. The highest BCUT2D eigenvalue weighted by molar-refractivity contribution is 7.91. The number of piperazine rings is 1. The first-order chi connectivity index (χ1) is 17.6. The van der Waals surface area contributed by atoms with Crippen LogP contribution in [0, 0.1) is 5.82 Å². The Labute approximate surface area is 221 Å². The second-order valence-corrected chi connectivity index (χ2v) is 14.1. The molecule has 3 aromatic rings. The summed E-state index contributed by atoms with van der Waals surface area (Å²) in [5.74, 6) is -1.32. The molecule has 4 rings (SSSR count). The van der Waals surface area contributed by atoms with Crippen LogP contribution in [0.3, 0.4) is 0 Å². The van der Waals surface area contributed by atoms with Gasteiger partial charge in [-0.25, -0.2) is 21.2 Å². The van der Waals surface area contributed by atoms with Crippen molar-refractivity contribution in [1.82, 2.24) is 4.31 Å². The van der Waals surface area contributed by atoms with Gasteiger partial charge in [0.1, 0.15) is 10.0 Å². The minimum absolute atomic E-state index is 0.00123. The highest BCUT2D eigenvalue weighted by Gasteiger charge is 2.51. The molecule has 0 saturated carbocycles. The topological polar surface area (TPSA) is 95.0 Å². The molecule has 206 valence electrons. The largest absolute Gasteiger partial charge is 0.421 e. The molecule has 1 fully saturated rings. The average molecular weight is 593 g/mol. The number of alkyl halides is 3. The van der Waals surface area contributed by atoms with Gasteiger partial charge < -0.3 is 10.0 Å². The Morgan fingerprint density at radius 3 is 2.26 bits per heavy atom. The number of halogens is 4. The molecule has 38 heavy (non-hydrogen) atoms. The zero-order valence-electron chi connectivity index (χ0n) is 20.0. The van der Waals surface area contributed by atoms with E-state index in [1.165, 1.54) is 34.6 Å². The number of sulfonamides is 1. The van der Waals surface area contributed by atoms with E-state index in [1.807, 2.05) is 0 Å². The molecule has 0 aliphatic carbocycles. The van der Waals surface area contributed by atoms with Gasteiger partial charge in [-0.2, -0.15) is 17.5 Å². The first-order valence-electron chi connectivity index (χ1n) is 11.3. The van der Waals surface area contributed by atoms with Crippen LogP contribution in [0.4, 0.5) is 23.2 Å². The summed E-state index contributed by atoms with van der Waals surface area (Å²) in [6.07, 6.45) is -4.92. The quantitative estimate of drug-likeness (QED) is 0.417. The van der Waals surface area contributed by atoms with Gasteiger partial charge in [0.25, 0.3) is 10.0 Å². The molecule has 14 heteroatoms. The summed E-state index contributed by atoms with van der Waals surface area (Å²) in [5.41, 5.74) is -3.16. The van der Waals surface area contributed by atoms with Crippen LogP contribution in [-0.2, 0) is 25.5 Å². The van der Waals surface area contributed by atoms with Gasteiger partial charge in [0.15, 0.2) is 15.4 Å². The Morgan fingerprint density at radius 2 is 1.68 bits per heavy atom. The first kappa shape index (κ1) is 28.5. The number of anilines is 1. The second-order valence-electron chi connectivity index (χ2n) is 9.00. The molecule has 7 nitrogen and oxygen atoms in total. The van der Waals surface area contributed by atoms with Crippen molar-refractivity contribution in [3.8, 4) is 0 Å². The van der Waals surface area contributed by atoms with Crippen LogP contribution in [0.1, 0.15) is 12.5 Å². The molecule has 1 aromatic heterocycles. The predicted octanol–water partition coefficient (Wildman–Crippen LogP) is 4.01. The van der Waals surface area contributed by atoms with Gasteiger partial charge in [-0.3, -0.25) is 0 Å². The zero-order chi connectivity index (χ0) is 27.9. The van der Waals surface area contributed by atoms with Crippen molar-refractivity contribution in [1.29, 1.82) is 0 Å². The minimum atomic E-state index is -4.92. The van der Waals surface area contributed by atoms with Gasteiger partial charge in [0, 0.05) is 25.3 Å². The summed E-state index contributed by atoms with van der Waals surface area (Å²) in [6.45, 7) is 0.448. The molecule has 0 amide bonds. The molecule has 2 heterocycles. The van der Waals surface area contributed by atoms with E-state index in [4.69, 9.17) is 0 Å². The first-order valence-corrected chi connectivity index (χ1v) is 15.3. The molecule has 1 aliphatic heterocycles. The van der Waals surface area contributed by atoms with Gasteiger partial charge >= 0.3 is 6.18 Å². The maximum Gasteiger partial charge on any atom is 0.421 e. The third kappa shape index (κ3) is 5.59. The van der Waals surface area contributed by atoms with E-state index in [0.717, 1.165) is 35.6 Å². The SMILES string of the molecule is CC(O)(c1ccc(N2CCN(S(=O)(=O)c3cccs3)C[C@@H]2CS(=O)(=O)c2cccc(F)c2)cc1)C(F)(F)F. The van der Waals surface area contributed by atoms with Crippen molar-refractivity contribution in [2.75, 3.05) is 30.3 Å². The summed E-state index contributed by atoms with van der Waals surface area (Å²) >= 11 is 1.02. The van der Waals surface area contributed by atoms with Gasteiger partial charge in [-0.1, -0.05) is 24.3 Å². The fourth-order valence-corrected chi connectivity index (χ4v) is 8.39. The fraction of sp³-hybridized carbons (Fsp3) is 0.333. The lowest BCUT2D eigenvalue weighted by Crippen LogP contribution is -2.57. The molecular formula is C24H24F4N2O5S3. The van der Waals surface area contributed by atoms with Gasteiger partial charge in [-0.15, -0.1) is 11.3 Å². The molecule has 1 aliphatic rings. The monoisotopic (exact) mass is 592 g/mol. The normalized spacial score (nSPS) is 19.3. The molecule has 0 spiro atoms. The van der Waals surface area contributed by atoms with Gasteiger partial charge in [-0.05, 0) is 54.3 Å². The van der Waals surface area contributed by atoms with Crippen molar-refractivity contribution in [2.24, 2.45) is 0 Å². The Kier molecular flexibility index (Phi) is 7.67. The Balaban J connectivity index is 1.68. The third-order valence-corrected chi connectivity index (χ3v) is 11.4. The molecule has 2 aromatic carbocycles. The molecule has 0 radical (unpaired) electrons. The third-order valence-electron chi connectivity index (χ3n) is 6.41. The number of benzene rings is 2. The van der Waals surface area contributed by atoms with Crippen LogP contribution >= 0.6 is 11.3 Å². The molecule has 1 unspecified atom stereocenters. The van der Waals surface area contributed by atoms with E-state index in [9.17, 15) is 39.5 Å². The van der Waals surface area contributed by atoms with Crippen LogP contribution < -0.4 is 4.90 Å². The summed E-state index contributed by atoms with van der Waals surface area (Å²) in [7, 11) is -8.00. The number of hydrogen-bond donors (Lipinski definition) is 1. The van der Waals surface area contributed by atoms with E-state index in [0.29, 0.717) is 12.6 Å². The van der Waals surface area contributed by atoms with E-state index >= 15 is 0 Å². The highest BCUT2D eigenvalue weighted by Crippen LogP contribution is 2.39. The smallest absolute Gasteiger partial charge is 0.376 e. The maximum atomic E-state index is 13.7. The Bertz CT molecular complexity index is 1490. The van der Waals surface area contributed by atoms with Gasteiger partial charge in [0.2, 0.25) is 0 Å². The van der Waals surface area contributed by atoms with E-state index in [-0.39, 0.29) is 28.7 Å². The molecule has 1 N–H and O–H groups in total. The van der Waals surface area contributed by atoms with Crippen LogP contribution in [0.15, 0.2) is 75.1 Å². The summed E-state index contributed by atoms with van der Waals surface area (Å²) in [4.78, 5) is 1.33. The van der Waals surface area contributed by atoms with Crippen molar-refractivity contribution in [3.05, 3.63) is 77.4 Å². The fourth-order valence-electron chi connectivity index (χ4n) is 4.22. The lowest BCUT2D eigenvalue weighted by molar-refractivity contribution is -0.258. The van der Waals surface area contributed by atoms with E-state index in [2.05, 4.69) is 0 Å². The molecule has 0 bridgehead atoms. The lowest BCUT2D eigenvalue weighted by atomic mass is 9.95. The highest BCUT2D eigenvalue weighted by atomic mass is 32.2. The van der Waals surface area contributed by atoms with Crippen molar-refractivity contribution in [3.63, 3.8) is 0 Å². The number of rotatable bonds is 7. The van der Waals surface area contributed by atoms with E-state index in [1.54, 1.807) is 16.3 Å². The summed E-state index contributed by atoms with van der Waals surface area (Å²) < 4.78 is 108. The minimum Gasteiger partial charge on any atom is -0.376 e. The maximum absolute atomic E-state index is 13.7. The molecule has 2 atom stereocenters. The standard InChI is InChI=1S/C24H24F4N2O5S3/c1-23(31,24(26,27)28)17-7-9-19(10-8-17)30-12-11-29(38(34,35)22-6-3-13-36-22)15-20(30)16-37(32,33)21-5-2-4-18(25)14-21/h2-10,13-14,20,31H,11-12,15-16H2,1H3/t20-,23?/m1/s1. The van der Waals surface area contributed by atoms with Crippen LogP contribution in [0.2, 0.25) is 0 Å². The second kappa shape index (κ2) is 10.2. The average Bonchev–Trinajstić information content (AvgIpc) is 3.39. The molecule has 1 saturated heterocycles. The lowest BCUT2D eigenvalue weighted by Gasteiger charge is -2.42. The number of sulfone groups is 1. The zero-order valence-corrected chi connectivity index (χ0v) is 22.4. The van der Waals surface area contributed by atoms with Crippen LogP contribution in [0.25, 0.3) is 0 Å².